The summed E-state index contributed by atoms with van der Waals surface area (Å²) in [5.41, 5.74) is 1.23. The quantitative estimate of drug-likeness (QED) is 0.686. The number of halogens is 1. The Morgan fingerprint density at radius 3 is 2.79 bits per heavy atom. The number of piperidine rings is 1. The van der Waals surface area contributed by atoms with Gasteiger partial charge in [-0.3, -0.25) is 4.79 Å². The smallest absolute Gasteiger partial charge is 0.257 e. The largest absolute Gasteiger partial charge is 0.496 e. The number of ether oxygens (including phenoxy) is 1. The minimum Gasteiger partial charge on any atom is -0.496 e. The average molecular weight is 381 g/mol. The van der Waals surface area contributed by atoms with Crippen LogP contribution < -0.4 is 4.74 Å². The van der Waals surface area contributed by atoms with Gasteiger partial charge in [-0.25, -0.2) is 4.39 Å². The Balaban J connectivity index is 1.51. The van der Waals surface area contributed by atoms with E-state index in [1.54, 1.807) is 36.3 Å². The molecule has 3 aromatic rings. The Morgan fingerprint density at radius 2 is 2.00 bits per heavy atom. The number of rotatable bonds is 4. The molecule has 6 nitrogen and oxygen atoms in total. The fraction of sp³-hybridized carbons (Fsp3) is 0.286. The van der Waals surface area contributed by atoms with E-state index in [1.165, 1.54) is 12.1 Å². The van der Waals surface area contributed by atoms with Crippen LogP contribution in [0.25, 0.3) is 11.4 Å². The molecule has 0 radical (unpaired) electrons. The van der Waals surface area contributed by atoms with E-state index in [0.29, 0.717) is 41.7 Å². The van der Waals surface area contributed by atoms with E-state index in [4.69, 9.17) is 9.26 Å². The van der Waals surface area contributed by atoms with Crippen LogP contribution in [0.1, 0.15) is 35.0 Å². The molecule has 0 aliphatic carbocycles. The Hall–Kier alpha value is -3.22. The standard InChI is InChI=1S/C21H20FN3O3/c1-27-18-7-3-2-6-17(18)21(26)25-12-4-5-15(13-25)20-23-19(24-28-20)14-8-10-16(22)11-9-14/h2-3,6-11,15H,4-5,12-13H2,1H3/t15-/m0/s1. The van der Waals surface area contributed by atoms with Crippen molar-refractivity contribution in [3.63, 3.8) is 0 Å². The second-order valence-electron chi connectivity index (χ2n) is 6.75. The molecular weight excluding hydrogens is 361 g/mol. The molecule has 1 atom stereocenters. The van der Waals surface area contributed by atoms with Crippen LogP contribution >= 0.6 is 0 Å². The van der Waals surface area contributed by atoms with Gasteiger partial charge >= 0.3 is 0 Å². The number of amides is 1. The van der Waals surface area contributed by atoms with Crippen molar-refractivity contribution in [2.75, 3.05) is 20.2 Å². The Bertz CT molecular complexity index is 971. The van der Waals surface area contributed by atoms with Crippen LogP contribution in [-0.2, 0) is 0 Å². The predicted molar refractivity (Wildman–Crippen MR) is 101 cm³/mol. The number of nitrogens with zero attached hydrogens (tertiary/aromatic N) is 3. The van der Waals surface area contributed by atoms with E-state index in [2.05, 4.69) is 10.1 Å². The van der Waals surface area contributed by atoms with Gasteiger partial charge in [-0.2, -0.15) is 4.98 Å². The molecule has 4 rings (SSSR count). The molecule has 1 fully saturated rings. The van der Waals surface area contributed by atoms with Crippen LogP contribution in [-0.4, -0.2) is 41.1 Å². The summed E-state index contributed by atoms with van der Waals surface area (Å²) in [5.74, 6) is 1.06. The summed E-state index contributed by atoms with van der Waals surface area (Å²) in [5, 5.41) is 4.01. The molecule has 28 heavy (non-hydrogen) atoms. The molecule has 144 valence electrons. The third kappa shape index (κ3) is 3.60. The van der Waals surface area contributed by atoms with Crippen LogP contribution in [0, 0.1) is 5.82 Å². The monoisotopic (exact) mass is 381 g/mol. The van der Waals surface area contributed by atoms with Crippen molar-refractivity contribution in [3.8, 4) is 17.1 Å². The molecule has 1 amide bonds. The maximum Gasteiger partial charge on any atom is 0.257 e. The third-order valence-corrected chi connectivity index (χ3v) is 4.94. The van der Waals surface area contributed by atoms with Crippen LogP contribution in [0.2, 0.25) is 0 Å². The SMILES string of the molecule is COc1ccccc1C(=O)N1CCC[C@H](c2nc(-c3ccc(F)cc3)no2)C1. The van der Waals surface area contributed by atoms with E-state index in [9.17, 15) is 9.18 Å². The summed E-state index contributed by atoms with van der Waals surface area (Å²) in [6, 6.07) is 13.2. The van der Waals surface area contributed by atoms with Crippen molar-refractivity contribution in [1.82, 2.24) is 15.0 Å². The van der Waals surface area contributed by atoms with Gasteiger partial charge in [0.05, 0.1) is 18.6 Å². The molecule has 7 heteroatoms. The number of hydrogen-bond donors (Lipinski definition) is 0. The first-order chi connectivity index (χ1) is 13.7. The maximum absolute atomic E-state index is 13.1. The first-order valence-electron chi connectivity index (χ1n) is 9.17. The van der Waals surface area contributed by atoms with Crippen LogP contribution in [0.5, 0.6) is 5.75 Å². The number of methoxy groups -OCH3 is 1. The zero-order chi connectivity index (χ0) is 19.5. The summed E-state index contributed by atoms with van der Waals surface area (Å²) in [7, 11) is 1.56. The van der Waals surface area contributed by atoms with Crippen molar-refractivity contribution in [3.05, 3.63) is 65.8 Å². The molecule has 1 aliphatic rings. The Kier molecular flexibility index (Phi) is 5.06. The molecule has 2 heterocycles. The van der Waals surface area contributed by atoms with E-state index in [0.717, 1.165) is 12.8 Å². The van der Waals surface area contributed by atoms with Gasteiger partial charge in [0.15, 0.2) is 0 Å². The fourth-order valence-electron chi connectivity index (χ4n) is 3.47. The second-order valence-corrected chi connectivity index (χ2v) is 6.75. The zero-order valence-electron chi connectivity index (χ0n) is 15.5. The molecule has 2 aromatic carbocycles. The molecule has 0 N–H and O–H groups in total. The van der Waals surface area contributed by atoms with Gasteiger partial charge < -0.3 is 14.2 Å². The van der Waals surface area contributed by atoms with Gasteiger partial charge in [-0.15, -0.1) is 0 Å². The van der Waals surface area contributed by atoms with Gasteiger partial charge in [0.2, 0.25) is 11.7 Å². The lowest BCUT2D eigenvalue weighted by Gasteiger charge is -2.31. The number of likely N-dealkylation sites (tertiary alicyclic amines) is 1. The minimum atomic E-state index is -0.315. The van der Waals surface area contributed by atoms with E-state index >= 15 is 0 Å². The van der Waals surface area contributed by atoms with E-state index < -0.39 is 0 Å². The lowest BCUT2D eigenvalue weighted by atomic mass is 9.97. The normalized spacial score (nSPS) is 16.8. The van der Waals surface area contributed by atoms with Crippen molar-refractivity contribution in [2.45, 2.75) is 18.8 Å². The number of carbonyl (C=O) groups excluding carboxylic acids is 1. The second kappa shape index (κ2) is 7.80. The highest BCUT2D eigenvalue weighted by Crippen LogP contribution is 2.29. The lowest BCUT2D eigenvalue weighted by Crippen LogP contribution is -2.39. The summed E-state index contributed by atoms with van der Waals surface area (Å²) < 4.78 is 23.9. The molecule has 0 bridgehead atoms. The maximum atomic E-state index is 13.1. The molecule has 0 spiro atoms. The predicted octanol–water partition coefficient (Wildman–Crippen LogP) is 3.90. The highest BCUT2D eigenvalue weighted by atomic mass is 19.1. The van der Waals surface area contributed by atoms with Gasteiger partial charge in [0, 0.05) is 18.7 Å². The van der Waals surface area contributed by atoms with Gasteiger partial charge in [-0.1, -0.05) is 17.3 Å². The van der Waals surface area contributed by atoms with Crippen molar-refractivity contribution < 1.29 is 18.4 Å². The van der Waals surface area contributed by atoms with Gasteiger partial charge in [-0.05, 0) is 49.2 Å². The topological polar surface area (TPSA) is 68.5 Å². The molecule has 0 unspecified atom stereocenters. The highest BCUT2D eigenvalue weighted by molar-refractivity contribution is 5.97. The van der Waals surface area contributed by atoms with Crippen LogP contribution in [0.4, 0.5) is 4.39 Å². The average Bonchev–Trinajstić information content (AvgIpc) is 3.24. The first-order valence-corrected chi connectivity index (χ1v) is 9.17. The number of para-hydroxylation sites is 1. The molecule has 1 saturated heterocycles. The molecular formula is C21H20FN3O3. The Labute approximate surface area is 161 Å². The van der Waals surface area contributed by atoms with Gasteiger partial charge in [0.25, 0.3) is 5.91 Å². The van der Waals surface area contributed by atoms with Crippen LogP contribution in [0.3, 0.4) is 0 Å². The molecule has 1 aromatic heterocycles. The van der Waals surface area contributed by atoms with E-state index in [-0.39, 0.29) is 17.6 Å². The molecule has 0 saturated carbocycles. The minimum absolute atomic E-state index is 0.0332. The summed E-state index contributed by atoms with van der Waals surface area (Å²) in [6.07, 6.45) is 1.71. The zero-order valence-corrected chi connectivity index (χ0v) is 15.5. The highest BCUT2D eigenvalue weighted by Gasteiger charge is 2.30. The van der Waals surface area contributed by atoms with Crippen LogP contribution in [0.15, 0.2) is 53.1 Å². The van der Waals surface area contributed by atoms with E-state index in [1.807, 2.05) is 12.1 Å². The number of carbonyl (C=O) groups is 1. The summed E-state index contributed by atoms with van der Waals surface area (Å²) >= 11 is 0. The first kappa shape index (κ1) is 18.2. The van der Waals surface area contributed by atoms with Crippen molar-refractivity contribution in [1.29, 1.82) is 0 Å². The van der Waals surface area contributed by atoms with Crippen molar-refractivity contribution >= 4 is 5.91 Å². The Morgan fingerprint density at radius 1 is 1.21 bits per heavy atom. The molecule has 1 aliphatic heterocycles. The number of benzene rings is 2. The van der Waals surface area contributed by atoms with Gasteiger partial charge in [0.1, 0.15) is 11.6 Å². The summed E-state index contributed by atoms with van der Waals surface area (Å²) in [6.45, 7) is 1.17. The fourth-order valence-corrected chi connectivity index (χ4v) is 3.47. The lowest BCUT2D eigenvalue weighted by molar-refractivity contribution is 0.0692. The number of aromatic nitrogens is 2. The summed E-state index contributed by atoms with van der Waals surface area (Å²) in [4.78, 5) is 19.2. The third-order valence-electron chi connectivity index (χ3n) is 4.94. The number of hydrogen-bond acceptors (Lipinski definition) is 5. The van der Waals surface area contributed by atoms with Crippen molar-refractivity contribution in [2.24, 2.45) is 0 Å².